The van der Waals surface area contributed by atoms with E-state index < -0.39 is 12.0 Å². The molecule has 0 rings (SSSR count). The van der Waals surface area contributed by atoms with E-state index in [1.54, 1.807) is 21.1 Å². The highest BCUT2D eigenvalue weighted by atomic mass is 16.4. The lowest BCUT2D eigenvalue weighted by Gasteiger charge is -2.34. The van der Waals surface area contributed by atoms with Crippen LogP contribution in [0.3, 0.4) is 0 Å². The lowest BCUT2D eigenvalue weighted by Crippen LogP contribution is -2.54. The molecule has 0 amide bonds. The van der Waals surface area contributed by atoms with Crippen LogP contribution in [-0.2, 0) is 4.79 Å². The molecule has 12 heavy (non-hydrogen) atoms. The van der Waals surface area contributed by atoms with Crippen LogP contribution < -0.4 is 5.11 Å². The minimum atomic E-state index is -1.05. The van der Waals surface area contributed by atoms with Crippen molar-refractivity contribution in [3.8, 4) is 0 Å². The Hall–Kier alpha value is -0.610. The van der Waals surface area contributed by atoms with Gasteiger partial charge < -0.3 is 19.5 Å². The van der Waals surface area contributed by atoms with E-state index >= 15 is 0 Å². The van der Waals surface area contributed by atoms with Crippen LogP contribution in [0.4, 0.5) is 0 Å². The molecule has 1 N–H and O–H groups in total. The molecule has 0 saturated carbocycles. The summed E-state index contributed by atoms with van der Waals surface area (Å²) in [5, 5.41) is 19.2. The Morgan fingerprint density at radius 1 is 1.50 bits per heavy atom. The molecule has 0 aliphatic rings. The quantitative estimate of drug-likeness (QED) is 0.522. The molecule has 1 atom stereocenters. The van der Waals surface area contributed by atoms with Crippen molar-refractivity contribution in [3.05, 3.63) is 0 Å². The topological polar surface area (TPSA) is 60.4 Å². The van der Waals surface area contributed by atoms with Gasteiger partial charge in [-0.15, -0.1) is 0 Å². The fourth-order valence-corrected chi connectivity index (χ4v) is 1.11. The van der Waals surface area contributed by atoms with Gasteiger partial charge in [0.05, 0.1) is 27.1 Å². The Morgan fingerprint density at radius 3 is 2.25 bits per heavy atom. The van der Waals surface area contributed by atoms with Gasteiger partial charge in [-0.25, -0.2) is 0 Å². The molecule has 0 fully saturated rings. The smallest absolute Gasteiger partial charge is 0.129 e. The molecule has 0 bridgehead atoms. The summed E-state index contributed by atoms with van der Waals surface area (Å²) in [6.07, 6.45) is 0.969. The summed E-state index contributed by atoms with van der Waals surface area (Å²) in [7, 11) is 5.41. The highest BCUT2D eigenvalue weighted by Crippen LogP contribution is 2.08. The number of rotatable bonds is 5. The maximum Gasteiger partial charge on any atom is 0.129 e. The third-order valence-electron chi connectivity index (χ3n) is 1.84. The number of aliphatic carboxylic acids is 1. The largest absolute Gasteiger partial charge is 0.544 e. The standard InChI is InChI=1S/C8H17NO3/c1-9(2,3)7(8(11)12)5-4-6-10/h7,10H,4-6H2,1-3H3. The fourth-order valence-electron chi connectivity index (χ4n) is 1.11. The summed E-state index contributed by atoms with van der Waals surface area (Å²) in [5.41, 5.74) is 0. The first-order valence-electron chi connectivity index (χ1n) is 4.02. The van der Waals surface area contributed by atoms with Crippen LogP contribution in [0, 0.1) is 0 Å². The van der Waals surface area contributed by atoms with E-state index in [2.05, 4.69) is 0 Å². The number of carbonyl (C=O) groups excluding carboxylic acids is 1. The summed E-state index contributed by atoms with van der Waals surface area (Å²) >= 11 is 0. The summed E-state index contributed by atoms with van der Waals surface area (Å²) in [6.45, 7) is 0.0315. The predicted octanol–water partition coefficient (Wildman–Crippen LogP) is -1.42. The number of hydrogen-bond donors (Lipinski definition) is 1. The molecule has 72 valence electrons. The Balaban J connectivity index is 4.15. The van der Waals surface area contributed by atoms with Crippen molar-refractivity contribution in [3.63, 3.8) is 0 Å². The molecular formula is C8H17NO3. The normalized spacial score (nSPS) is 14.3. The van der Waals surface area contributed by atoms with E-state index in [9.17, 15) is 9.90 Å². The number of carboxylic acids is 1. The average Bonchev–Trinajstić information content (AvgIpc) is 1.84. The maximum atomic E-state index is 10.6. The molecule has 0 radical (unpaired) electrons. The molecule has 0 aromatic rings. The second kappa shape index (κ2) is 4.42. The van der Waals surface area contributed by atoms with E-state index in [0.717, 1.165) is 0 Å². The van der Waals surface area contributed by atoms with Crippen LogP contribution in [0.2, 0.25) is 0 Å². The lowest BCUT2D eigenvalue weighted by atomic mass is 10.1. The number of likely N-dealkylation sites (N-methyl/N-ethyl adjacent to an activating group) is 1. The summed E-state index contributed by atoms with van der Waals surface area (Å²) < 4.78 is 0.336. The van der Waals surface area contributed by atoms with Crippen LogP contribution in [0.15, 0.2) is 0 Å². The molecular weight excluding hydrogens is 158 g/mol. The summed E-state index contributed by atoms with van der Waals surface area (Å²) in [4.78, 5) is 10.6. The van der Waals surface area contributed by atoms with Gasteiger partial charge in [0.1, 0.15) is 6.04 Å². The van der Waals surface area contributed by atoms with Gasteiger partial charge in [0.15, 0.2) is 0 Å². The molecule has 0 aromatic heterocycles. The van der Waals surface area contributed by atoms with E-state index in [-0.39, 0.29) is 6.61 Å². The molecule has 4 heteroatoms. The SMILES string of the molecule is C[N+](C)(C)C(CCCO)C(=O)[O-]. The number of carboxylic acid groups (broad SMARTS) is 1. The van der Waals surface area contributed by atoms with Crippen molar-refractivity contribution in [1.82, 2.24) is 0 Å². The van der Waals surface area contributed by atoms with Gasteiger partial charge in [0.2, 0.25) is 0 Å². The van der Waals surface area contributed by atoms with Crippen molar-refractivity contribution < 1.29 is 19.5 Å². The maximum absolute atomic E-state index is 10.6. The average molecular weight is 175 g/mol. The van der Waals surface area contributed by atoms with Crippen molar-refractivity contribution in [2.75, 3.05) is 27.7 Å². The second-order valence-electron chi connectivity index (χ2n) is 3.82. The van der Waals surface area contributed by atoms with Gasteiger partial charge >= 0.3 is 0 Å². The monoisotopic (exact) mass is 175 g/mol. The highest BCUT2D eigenvalue weighted by molar-refractivity contribution is 5.69. The van der Waals surface area contributed by atoms with Crippen molar-refractivity contribution >= 4 is 5.97 Å². The molecule has 0 aliphatic heterocycles. The Bertz CT molecular complexity index is 151. The minimum Gasteiger partial charge on any atom is -0.544 e. The van der Waals surface area contributed by atoms with Crippen LogP contribution in [0.25, 0.3) is 0 Å². The van der Waals surface area contributed by atoms with E-state index in [4.69, 9.17) is 5.11 Å². The zero-order valence-electron chi connectivity index (χ0n) is 7.91. The minimum absolute atomic E-state index is 0.0315. The number of nitrogens with zero attached hydrogens (tertiary/aromatic N) is 1. The van der Waals surface area contributed by atoms with Crippen molar-refractivity contribution in [2.45, 2.75) is 18.9 Å². The summed E-state index contributed by atoms with van der Waals surface area (Å²) in [6, 6.07) is -0.530. The molecule has 1 unspecified atom stereocenters. The molecule has 0 aromatic carbocycles. The predicted molar refractivity (Wildman–Crippen MR) is 43.1 cm³/mol. The third-order valence-corrected chi connectivity index (χ3v) is 1.84. The number of aliphatic hydroxyl groups is 1. The first-order chi connectivity index (χ1) is 5.39. The molecule has 0 saturated heterocycles. The fraction of sp³-hybridized carbons (Fsp3) is 0.875. The van der Waals surface area contributed by atoms with Crippen LogP contribution in [0.1, 0.15) is 12.8 Å². The lowest BCUT2D eigenvalue weighted by molar-refractivity contribution is -0.889. The number of hydrogen-bond acceptors (Lipinski definition) is 3. The zero-order chi connectivity index (χ0) is 9.78. The van der Waals surface area contributed by atoms with E-state index in [1.807, 2.05) is 0 Å². The van der Waals surface area contributed by atoms with Gasteiger partial charge in [-0.2, -0.15) is 0 Å². The van der Waals surface area contributed by atoms with Gasteiger partial charge in [-0.1, -0.05) is 0 Å². The van der Waals surface area contributed by atoms with Gasteiger partial charge in [0.25, 0.3) is 0 Å². The Labute approximate surface area is 73.0 Å². The molecule has 4 nitrogen and oxygen atoms in total. The van der Waals surface area contributed by atoms with Crippen LogP contribution >= 0.6 is 0 Å². The Kier molecular flexibility index (Phi) is 4.20. The number of aliphatic hydroxyl groups excluding tert-OH is 1. The summed E-state index contributed by atoms with van der Waals surface area (Å²) in [5.74, 6) is -1.05. The van der Waals surface area contributed by atoms with Crippen LogP contribution in [0.5, 0.6) is 0 Å². The third kappa shape index (κ3) is 3.69. The molecule has 0 aliphatic carbocycles. The first-order valence-corrected chi connectivity index (χ1v) is 4.02. The molecule has 0 heterocycles. The van der Waals surface area contributed by atoms with Crippen LogP contribution in [-0.4, -0.2) is 49.4 Å². The van der Waals surface area contributed by atoms with Crippen molar-refractivity contribution in [1.29, 1.82) is 0 Å². The zero-order valence-corrected chi connectivity index (χ0v) is 7.91. The number of carbonyl (C=O) groups is 1. The highest BCUT2D eigenvalue weighted by Gasteiger charge is 2.23. The van der Waals surface area contributed by atoms with Crippen molar-refractivity contribution in [2.24, 2.45) is 0 Å². The second-order valence-corrected chi connectivity index (χ2v) is 3.82. The molecule has 0 spiro atoms. The van der Waals surface area contributed by atoms with Gasteiger partial charge in [-0.3, -0.25) is 0 Å². The van der Waals surface area contributed by atoms with Gasteiger partial charge in [0, 0.05) is 13.0 Å². The Morgan fingerprint density at radius 2 is 2.00 bits per heavy atom. The van der Waals surface area contributed by atoms with E-state index in [0.29, 0.717) is 17.3 Å². The van der Waals surface area contributed by atoms with Gasteiger partial charge in [-0.05, 0) is 6.42 Å². The van der Waals surface area contributed by atoms with E-state index in [1.165, 1.54) is 0 Å². The number of quaternary nitrogens is 1. The first kappa shape index (κ1) is 11.4.